The number of rotatable bonds is 6. The lowest BCUT2D eigenvalue weighted by molar-refractivity contribution is -0.141. The van der Waals surface area contributed by atoms with Crippen LogP contribution in [0.5, 0.6) is 0 Å². The van der Waals surface area contributed by atoms with Gasteiger partial charge in [-0.15, -0.1) is 11.3 Å². The van der Waals surface area contributed by atoms with Crippen LogP contribution in [0, 0.1) is 6.92 Å². The Labute approximate surface area is 178 Å². The third-order valence-electron chi connectivity index (χ3n) is 5.13. The number of aryl methyl sites for hydroxylation is 1. The molecule has 0 amide bonds. The third-order valence-corrected chi connectivity index (χ3v) is 7.94. The Balaban J connectivity index is 1.60. The van der Waals surface area contributed by atoms with E-state index in [0.717, 1.165) is 36.6 Å². The summed E-state index contributed by atoms with van der Waals surface area (Å²) in [6.45, 7) is 5.18. The van der Waals surface area contributed by atoms with Gasteiger partial charge in [-0.3, -0.25) is 4.98 Å². The quantitative estimate of drug-likeness (QED) is 0.656. The fourth-order valence-corrected chi connectivity index (χ4v) is 5.21. The van der Waals surface area contributed by atoms with Crippen molar-refractivity contribution in [3.8, 4) is 11.3 Å². The van der Waals surface area contributed by atoms with Crippen LogP contribution in [-0.2, 0) is 16.2 Å². The lowest BCUT2D eigenvalue weighted by atomic mass is 9.92. The molecule has 1 fully saturated rings. The van der Waals surface area contributed by atoms with Crippen LogP contribution in [0.25, 0.3) is 11.3 Å². The van der Waals surface area contributed by atoms with Crippen molar-refractivity contribution in [2.45, 2.75) is 70.0 Å². The Kier molecular flexibility index (Phi) is 6.73. The number of hydrogen-bond acceptors (Lipinski definition) is 6. The molecule has 3 rings (SSSR count). The molecule has 2 N–H and O–H groups in total. The highest BCUT2D eigenvalue weighted by Crippen LogP contribution is 2.34. The average Bonchev–Trinajstić information content (AvgIpc) is 3.02. The maximum Gasteiger partial charge on any atom is 0.433 e. The third kappa shape index (κ3) is 5.50. The molecule has 2 aromatic rings. The molecule has 2 aromatic heterocycles. The maximum absolute atomic E-state index is 12.7. The number of nitrogens with one attached hydrogen (secondary N) is 2. The predicted octanol–water partition coefficient (Wildman–Crippen LogP) is 4.58. The van der Waals surface area contributed by atoms with Crippen molar-refractivity contribution in [2.24, 2.45) is 0 Å². The van der Waals surface area contributed by atoms with Gasteiger partial charge in [0.1, 0.15) is 5.69 Å². The Hall–Kier alpha value is -1.72. The highest BCUT2D eigenvalue weighted by molar-refractivity contribution is 7.90. The summed E-state index contributed by atoms with van der Waals surface area (Å²) >= 11 is 1.44. The number of aromatic nitrogens is 2. The normalized spacial score (nSPS) is 20.5. The second-order valence-corrected chi connectivity index (χ2v) is 11.2. The van der Waals surface area contributed by atoms with Crippen molar-refractivity contribution in [3.05, 3.63) is 28.9 Å². The Bertz CT molecular complexity index is 965. The lowest BCUT2D eigenvalue weighted by Crippen LogP contribution is -2.42. The molecule has 0 atom stereocenters. The minimum absolute atomic E-state index is 0.0535. The summed E-state index contributed by atoms with van der Waals surface area (Å²) in [5, 5.41) is 3.63. The number of hydrogen-bond donors (Lipinski definition) is 2. The largest absolute Gasteiger partial charge is 0.433 e. The molecule has 0 spiro atoms. The van der Waals surface area contributed by atoms with Crippen LogP contribution in [0.3, 0.4) is 0 Å². The predicted molar refractivity (Wildman–Crippen MR) is 112 cm³/mol. The molecule has 166 valence electrons. The molecule has 2 heterocycles. The standard InChI is InChI=1S/C19H25F3N4O2S2/c1-11(2)30(27,28)26-15-7-5-14(6-8-15)24-18-25-17(12(3)29-18)13-4-9-16(23-10-13)19(20,21)22/h4,9-11,14-15,26H,5-8H2,1-3H3,(H,24,25). The molecule has 0 bridgehead atoms. The van der Waals surface area contributed by atoms with Crippen molar-refractivity contribution in [1.29, 1.82) is 0 Å². The summed E-state index contributed by atoms with van der Waals surface area (Å²) in [6, 6.07) is 2.46. The zero-order chi connectivity index (χ0) is 22.1. The van der Waals surface area contributed by atoms with Gasteiger partial charge in [0.25, 0.3) is 0 Å². The molecule has 0 aliphatic heterocycles. The van der Waals surface area contributed by atoms with Crippen LogP contribution in [0.1, 0.15) is 50.1 Å². The van der Waals surface area contributed by atoms with Gasteiger partial charge in [-0.05, 0) is 58.6 Å². The van der Waals surface area contributed by atoms with E-state index in [4.69, 9.17) is 0 Å². The zero-order valence-corrected chi connectivity index (χ0v) is 18.6. The highest BCUT2D eigenvalue weighted by atomic mass is 32.2. The van der Waals surface area contributed by atoms with Crippen LogP contribution >= 0.6 is 11.3 Å². The number of thiazole rings is 1. The van der Waals surface area contributed by atoms with E-state index in [0.29, 0.717) is 16.4 Å². The first-order chi connectivity index (χ1) is 14.0. The summed E-state index contributed by atoms with van der Waals surface area (Å²) in [5.74, 6) is 0. The molecular weight excluding hydrogens is 437 g/mol. The molecule has 1 aliphatic carbocycles. The van der Waals surface area contributed by atoms with Crippen LogP contribution in [0.4, 0.5) is 18.3 Å². The monoisotopic (exact) mass is 462 g/mol. The summed E-state index contributed by atoms with van der Waals surface area (Å²) in [5.41, 5.74) is 0.223. The van der Waals surface area contributed by atoms with Crippen molar-refractivity contribution in [1.82, 2.24) is 14.7 Å². The summed E-state index contributed by atoms with van der Waals surface area (Å²) in [7, 11) is -3.28. The lowest BCUT2D eigenvalue weighted by Gasteiger charge is -2.29. The van der Waals surface area contributed by atoms with Crippen LogP contribution in [0.15, 0.2) is 18.3 Å². The van der Waals surface area contributed by atoms with Gasteiger partial charge < -0.3 is 5.32 Å². The van der Waals surface area contributed by atoms with Gasteiger partial charge in [0.15, 0.2) is 5.13 Å². The summed E-state index contributed by atoms with van der Waals surface area (Å²) in [6.07, 6.45) is -0.180. The van der Waals surface area contributed by atoms with Gasteiger partial charge in [0, 0.05) is 28.7 Å². The fourth-order valence-electron chi connectivity index (χ4n) is 3.33. The summed E-state index contributed by atoms with van der Waals surface area (Å²) in [4.78, 5) is 8.93. The minimum atomic E-state index is -4.47. The fraction of sp³-hybridized carbons (Fsp3) is 0.579. The molecular formula is C19H25F3N4O2S2. The molecule has 11 heteroatoms. The number of halogens is 3. The molecule has 0 aromatic carbocycles. The van der Waals surface area contributed by atoms with E-state index in [1.54, 1.807) is 13.8 Å². The number of sulfonamides is 1. The second kappa shape index (κ2) is 8.80. The second-order valence-electron chi connectivity index (χ2n) is 7.76. The van der Waals surface area contributed by atoms with E-state index in [1.165, 1.54) is 23.6 Å². The number of alkyl halides is 3. The average molecular weight is 463 g/mol. The van der Waals surface area contributed by atoms with Gasteiger partial charge in [0.2, 0.25) is 10.0 Å². The van der Waals surface area contributed by atoms with Crippen molar-refractivity contribution < 1.29 is 21.6 Å². The Morgan fingerprint density at radius 1 is 1.13 bits per heavy atom. The maximum atomic E-state index is 12.7. The van der Waals surface area contributed by atoms with Crippen LogP contribution in [0.2, 0.25) is 0 Å². The van der Waals surface area contributed by atoms with Crippen LogP contribution < -0.4 is 10.0 Å². The minimum Gasteiger partial charge on any atom is -0.359 e. The summed E-state index contributed by atoms with van der Waals surface area (Å²) < 4.78 is 64.9. The first-order valence-corrected chi connectivity index (χ1v) is 12.1. The van der Waals surface area contributed by atoms with Gasteiger partial charge in [-0.2, -0.15) is 13.2 Å². The molecule has 0 radical (unpaired) electrons. The Morgan fingerprint density at radius 2 is 1.77 bits per heavy atom. The topological polar surface area (TPSA) is 84.0 Å². The van der Waals surface area contributed by atoms with E-state index in [2.05, 4.69) is 20.0 Å². The van der Waals surface area contributed by atoms with Gasteiger partial charge in [-0.25, -0.2) is 18.1 Å². The Morgan fingerprint density at radius 3 is 2.30 bits per heavy atom. The SMILES string of the molecule is Cc1sc(NC2CCC(NS(=O)(=O)C(C)C)CC2)nc1-c1ccc(C(F)(F)F)nc1. The molecule has 30 heavy (non-hydrogen) atoms. The number of anilines is 1. The van der Waals surface area contributed by atoms with E-state index in [1.807, 2.05) is 6.92 Å². The first-order valence-electron chi connectivity index (χ1n) is 9.74. The van der Waals surface area contributed by atoms with E-state index in [-0.39, 0.29) is 12.1 Å². The molecule has 0 unspecified atom stereocenters. The zero-order valence-electron chi connectivity index (χ0n) is 17.0. The number of nitrogens with zero attached hydrogens (tertiary/aromatic N) is 2. The van der Waals surface area contributed by atoms with Gasteiger partial charge >= 0.3 is 6.18 Å². The van der Waals surface area contributed by atoms with E-state index in [9.17, 15) is 21.6 Å². The van der Waals surface area contributed by atoms with Crippen molar-refractivity contribution in [3.63, 3.8) is 0 Å². The van der Waals surface area contributed by atoms with Crippen molar-refractivity contribution in [2.75, 3.05) is 5.32 Å². The van der Waals surface area contributed by atoms with Gasteiger partial charge in [0.05, 0.1) is 10.9 Å². The smallest absolute Gasteiger partial charge is 0.359 e. The first kappa shape index (κ1) is 23.0. The highest BCUT2D eigenvalue weighted by Gasteiger charge is 2.32. The number of pyridine rings is 1. The van der Waals surface area contributed by atoms with E-state index < -0.39 is 27.1 Å². The molecule has 1 aliphatic rings. The van der Waals surface area contributed by atoms with Gasteiger partial charge in [-0.1, -0.05) is 0 Å². The molecule has 6 nitrogen and oxygen atoms in total. The van der Waals surface area contributed by atoms with E-state index >= 15 is 0 Å². The molecule has 0 saturated heterocycles. The van der Waals surface area contributed by atoms with Crippen molar-refractivity contribution >= 4 is 26.5 Å². The molecule has 1 saturated carbocycles. The van der Waals surface area contributed by atoms with Crippen LogP contribution in [-0.4, -0.2) is 35.7 Å².